The van der Waals surface area contributed by atoms with Crippen molar-refractivity contribution in [3.63, 3.8) is 0 Å². The van der Waals surface area contributed by atoms with Crippen LogP contribution in [0.1, 0.15) is 17.5 Å². The molecule has 0 unspecified atom stereocenters. The molecule has 2 aromatic carbocycles. The average Bonchev–Trinajstić information content (AvgIpc) is 2.78. The molecule has 0 N–H and O–H groups in total. The van der Waals surface area contributed by atoms with Gasteiger partial charge in [0, 0.05) is 31.5 Å². The molecule has 0 saturated heterocycles. The first-order chi connectivity index (χ1) is 11.7. The highest BCUT2D eigenvalue weighted by molar-refractivity contribution is 5.86. The third-order valence-electron chi connectivity index (χ3n) is 4.65. The van der Waals surface area contributed by atoms with E-state index in [0.29, 0.717) is 0 Å². The molecule has 124 valence electrons. The molecule has 0 radical (unpaired) electrons. The molecule has 0 fully saturated rings. The molecule has 0 aliphatic carbocycles. The number of fused-ring (bicyclic) bond motifs is 2. The summed E-state index contributed by atoms with van der Waals surface area (Å²) in [5, 5.41) is 0. The fourth-order valence-corrected chi connectivity index (χ4v) is 3.34. The van der Waals surface area contributed by atoms with Gasteiger partial charge in [0.05, 0.1) is 0 Å². The van der Waals surface area contributed by atoms with Crippen LogP contribution in [0.25, 0.3) is 0 Å². The molecule has 0 bridgehead atoms. The normalized spacial score (nSPS) is 12.8. The minimum atomic E-state index is -0.0216. The van der Waals surface area contributed by atoms with Crippen molar-refractivity contribution in [2.45, 2.75) is 19.3 Å². The number of benzene rings is 2. The Morgan fingerprint density at radius 2 is 1.62 bits per heavy atom. The second-order valence-electron chi connectivity index (χ2n) is 6.23. The fraction of sp³-hybridized carbons (Fsp3) is 0.286. The number of aryl methyl sites for hydroxylation is 2. The van der Waals surface area contributed by atoms with Gasteiger partial charge < -0.3 is 9.80 Å². The number of rotatable bonds is 5. The van der Waals surface area contributed by atoms with E-state index in [4.69, 9.17) is 0 Å². The number of hydrogen-bond acceptors (Lipinski definition) is 2. The molecule has 1 amide bonds. The van der Waals surface area contributed by atoms with Crippen molar-refractivity contribution < 1.29 is 4.79 Å². The molecular weight excluding hydrogens is 296 g/mol. The number of nitrogens with zero attached hydrogens (tertiary/aromatic N) is 2. The Balaban J connectivity index is 1.83. The first kappa shape index (κ1) is 16.3. The summed E-state index contributed by atoms with van der Waals surface area (Å²) in [4.78, 5) is 15.8. The van der Waals surface area contributed by atoms with E-state index in [1.165, 1.54) is 28.6 Å². The van der Waals surface area contributed by atoms with E-state index >= 15 is 0 Å². The number of hydrogen-bond donors (Lipinski definition) is 0. The van der Waals surface area contributed by atoms with Gasteiger partial charge in [-0.1, -0.05) is 43.0 Å². The molecule has 3 nitrogen and oxygen atoms in total. The predicted molar refractivity (Wildman–Crippen MR) is 99.7 cm³/mol. The number of carbonyl (C=O) groups excluding carboxylic acids is 1. The summed E-state index contributed by atoms with van der Waals surface area (Å²) in [6.45, 7) is 5.17. The van der Waals surface area contributed by atoms with Gasteiger partial charge in [0.2, 0.25) is 5.91 Å². The van der Waals surface area contributed by atoms with Gasteiger partial charge in [0.15, 0.2) is 0 Å². The second-order valence-corrected chi connectivity index (χ2v) is 6.23. The van der Waals surface area contributed by atoms with Crippen LogP contribution in [0.2, 0.25) is 0 Å². The Morgan fingerprint density at radius 3 is 2.17 bits per heavy atom. The van der Waals surface area contributed by atoms with Gasteiger partial charge in [-0.15, -0.1) is 0 Å². The lowest BCUT2D eigenvalue weighted by Gasteiger charge is -2.28. The molecule has 24 heavy (non-hydrogen) atoms. The molecular formula is C21H24N2O. The lowest BCUT2D eigenvalue weighted by Crippen LogP contribution is -2.29. The van der Waals surface area contributed by atoms with E-state index in [1.807, 2.05) is 7.05 Å². The lowest BCUT2D eigenvalue weighted by molar-refractivity contribution is -0.124. The highest BCUT2D eigenvalue weighted by Crippen LogP contribution is 2.35. The highest BCUT2D eigenvalue weighted by Gasteiger charge is 2.19. The summed E-state index contributed by atoms with van der Waals surface area (Å²) < 4.78 is 0. The van der Waals surface area contributed by atoms with Crippen LogP contribution in [-0.2, 0) is 17.6 Å². The third-order valence-corrected chi connectivity index (χ3v) is 4.65. The lowest BCUT2D eigenvalue weighted by atomic mass is 10.0. The van der Waals surface area contributed by atoms with Crippen LogP contribution in [0.15, 0.2) is 61.2 Å². The SMILES string of the molecule is C=CC(=O)N(C)CCCN1c2ccccc2CCc2ccccc21. The predicted octanol–water partition coefficient (Wildman–Crippen LogP) is 3.96. The molecule has 0 aromatic heterocycles. The summed E-state index contributed by atoms with van der Waals surface area (Å²) in [6, 6.07) is 17.3. The van der Waals surface area contributed by atoms with Gasteiger partial charge in [-0.25, -0.2) is 0 Å². The Kier molecular flexibility index (Phi) is 4.99. The van der Waals surface area contributed by atoms with Gasteiger partial charge in [0.1, 0.15) is 0 Å². The summed E-state index contributed by atoms with van der Waals surface area (Å²) in [5.74, 6) is -0.0216. The fourth-order valence-electron chi connectivity index (χ4n) is 3.34. The van der Waals surface area contributed by atoms with E-state index in [2.05, 4.69) is 60.0 Å². The maximum Gasteiger partial charge on any atom is 0.245 e. The van der Waals surface area contributed by atoms with E-state index in [1.54, 1.807) is 4.90 Å². The summed E-state index contributed by atoms with van der Waals surface area (Å²) >= 11 is 0. The first-order valence-corrected chi connectivity index (χ1v) is 8.51. The number of anilines is 2. The molecule has 1 heterocycles. The maximum absolute atomic E-state index is 11.6. The molecule has 2 aromatic rings. The molecule has 1 aliphatic rings. The molecule has 1 aliphatic heterocycles. The smallest absolute Gasteiger partial charge is 0.245 e. The van der Waals surface area contributed by atoms with Crippen molar-refractivity contribution in [1.29, 1.82) is 0 Å². The zero-order valence-corrected chi connectivity index (χ0v) is 14.2. The van der Waals surface area contributed by atoms with Crippen molar-refractivity contribution in [2.75, 3.05) is 25.0 Å². The van der Waals surface area contributed by atoms with E-state index in [0.717, 1.165) is 32.4 Å². The zero-order chi connectivity index (χ0) is 16.9. The van der Waals surface area contributed by atoms with Crippen molar-refractivity contribution in [3.8, 4) is 0 Å². The Labute approximate surface area is 144 Å². The van der Waals surface area contributed by atoms with Crippen LogP contribution in [0.4, 0.5) is 11.4 Å². The van der Waals surface area contributed by atoms with Crippen LogP contribution >= 0.6 is 0 Å². The number of likely N-dealkylation sites (N-methyl/N-ethyl adjacent to an activating group) is 1. The average molecular weight is 320 g/mol. The van der Waals surface area contributed by atoms with Crippen molar-refractivity contribution >= 4 is 17.3 Å². The molecule has 0 saturated carbocycles. The van der Waals surface area contributed by atoms with E-state index in [-0.39, 0.29) is 5.91 Å². The monoisotopic (exact) mass is 320 g/mol. The van der Waals surface area contributed by atoms with Crippen LogP contribution in [0.3, 0.4) is 0 Å². The quantitative estimate of drug-likeness (QED) is 0.779. The highest BCUT2D eigenvalue weighted by atomic mass is 16.2. The summed E-state index contributed by atoms with van der Waals surface area (Å²) in [5.41, 5.74) is 5.37. The van der Waals surface area contributed by atoms with Gasteiger partial charge in [0.25, 0.3) is 0 Å². The second kappa shape index (κ2) is 7.35. The van der Waals surface area contributed by atoms with Crippen LogP contribution in [-0.4, -0.2) is 30.9 Å². The number of amides is 1. The van der Waals surface area contributed by atoms with Crippen molar-refractivity contribution in [2.24, 2.45) is 0 Å². The molecule has 3 heteroatoms. The van der Waals surface area contributed by atoms with Gasteiger partial charge in [-0.2, -0.15) is 0 Å². The standard InChI is InChI=1S/C21H24N2O/c1-3-21(24)22(2)15-8-16-23-19-11-6-4-9-17(19)13-14-18-10-5-7-12-20(18)23/h3-7,9-12H,1,8,13-16H2,2H3. The van der Waals surface area contributed by atoms with E-state index < -0.39 is 0 Å². The molecule has 0 spiro atoms. The zero-order valence-electron chi connectivity index (χ0n) is 14.2. The van der Waals surface area contributed by atoms with Gasteiger partial charge in [-0.3, -0.25) is 4.79 Å². The molecule has 0 atom stereocenters. The van der Waals surface area contributed by atoms with Crippen molar-refractivity contribution in [1.82, 2.24) is 4.90 Å². The van der Waals surface area contributed by atoms with Gasteiger partial charge >= 0.3 is 0 Å². The minimum Gasteiger partial charge on any atom is -0.342 e. The maximum atomic E-state index is 11.6. The number of carbonyl (C=O) groups is 1. The molecule has 3 rings (SSSR count). The van der Waals surface area contributed by atoms with Crippen LogP contribution in [0.5, 0.6) is 0 Å². The largest absolute Gasteiger partial charge is 0.342 e. The first-order valence-electron chi connectivity index (χ1n) is 8.51. The Hall–Kier alpha value is -2.55. The summed E-state index contributed by atoms with van der Waals surface area (Å²) in [7, 11) is 1.83. The van der Waals surface area contributed by atoms with Crippen LogP contribution < -0.4 is 4.90 Å². The minimum absolute atomic E-state index is 0.0216. The van der Waals surface area contributed by atoms with Crippen LogP contribution in [0, 0.1) is 0 Å². The Morgan fingerprint density at radius 1 is 1.08 bits per heavy atom. The Bertz CT molecular complexity index is 691. The number of para-hydroxylation sites is 2. The van der Waals surface area contributed by atoms with E-state index in [9.17, 15) is 4.79 Å². The van der Waals surface area contributed by atoms with Crippen molar-refractivity contribution in [3.05, 3.63) is 72.3 Å². The summed E-state index contributed by atoms with van der Waals surface area (Å²) in [6.07, 6.45) is 4.42. The van der Waals surface area contributed by atoms with Gasteiger partial charge in [-0.05, 0) is 48.6 Å². The topological polar surface area (TPSA) is 23.6 Å². The third kappa shape index (κ3) is 3.35.